The molecule has 5 nitrogen and oxygen atoms in total. The Hall–Kier alpha value is -1.79. The number of thiophene rings is 1. The highest BCUT2D eigenvalue weighted by Gasteiger charge is 2.42. The van der Waals surface area contributed by atoms with Crippen LogP contribution in [0, 0.1) is 12.3 Å². The van der Waals surface area contributed by atoms with Crippen molar-refractivity contribution in [1.82, 2.24) is 19.8 Å². The zero-order valence-corrected chi connectivity index (χ0v) is 15.5. The van der Waals surface area contributed by atoms with E-state index in [-0.39, 0.29) is 11.3 Å². The maximum atomic E-state index is 12.7. The summed E-state index contributed by atoms with van der Waals surface area (Å²) in [6, 6.07) is 4.45. The lowest BCUT2D eigenvalue weighted by Gasteiger charge is -2.40. The highest BCUT2D eigenvalue weighted by atomic mass is 32.1. The summed E-state index contributed by atoms with van der Waals surface area (Å²) >= 11 is 1.89. The van der Waals surface area contributed by atoms with Gasteiger partial charge in [0.15, 0.2) is 0 Å². The molecule has 4 heterocycles. The molecule has 0 saturated carbocycles. The van der Waals surface area contributed by atoms with Crippen LogP contribution in [0.4, 0.5) is 0 Å². The minimum atomic E-state index is 0.0273. The molecule has 0 aliphatic carbocycles. The van der Waals surface area contributed by atoms with Crippen molar-refractivity contribution in [1.29, 1.82) is 0 Å². The van der Waals surface area contributed by atoms with Gasteiger partial charge in [-0.15, -0.1) is 11.3 Å². The lowest BCUT2D eigenvalue weighted by Crippen LogP contribution is -2.47. The van der Waals surface area contributed by atoms with Crippen molar-refractivity contribution in [2.75, 3.05) is 26.2 Å². The molecule has 0 N–H and O–H groups in total. The molecule has 2 aliphatic rings. The molecule has 1 amide bonds. The minimum absolute atomic E-state index is 0.0273. The van der Waals surface area contributed by atoms with Crippen LogP contribution >= 0.6 is 11.3 Å². The second-order valence-corrected chi connectivity index (χ2v) is 8.77. The fraction of sp³-hybridized carbons (Fsp3) is 0.526. The molecule has 0 unspecified atom stereocenters. The highest BCUT2D eigenvalue weighted by molar-refractivity contribution is 7.11. The monoisotopic (exact) mass is 356 g/mol. The van der Waals surface area contributed by atoms with Gasteiger partial charge in [-0.05, 0) is 44.9 Å². The van der Waals surface area contributed by atoms with Crippen LogP contribution in [0.3, 0.4) is 0 Å². The van der Waals surface area contributed by atoms with Crippen LogP contribution < -0.4 is 0 Å². The number of aromatic nitrogens is 2. The third-order valence-corrected chi connectivity index (χ3v) is 6.41. The van der Waals surface area contributed by atoms with E-state index in [0.29, 0.717) is 5.69 Å². The third kappa shape index (κ3) is 3.60. The van der Waals surface area contributed by atoms with E-state index in [9.17, 15) is 4.79 Å². The summed E-state index contributed by atoms with van der Waals surface area (Å²) < 4.78 is 0. The molecule has 4 rings (SSSR count). The van der Waals surface area contributed by atoms with E-state index < -0.39 is 0 Å². The number of hydrogen-bond donors (Lipinski definition) is 0. The molecule has 0 bridgehead atoms. The van der Waals surface area contributed by atoms with Crippen LogP contribution in [0.1, 0.15) is 39.5 Å². The Morgan fingerprint density at radius 2 is 2.16 bits per heavy atom. The Labute approximate surface area is 152 Å². The van der Waals surface area contributed by atoms with Gasteiger partial charge in [-0.3, -0.25) is 14.7 Å². The number of nitrogens with zero attached hydrogens (tertiary/aromatic N) is 4. The summed E-state index contributed by atoms with van der Waals surface area (Å²) in [5, 5.41) is 0. The predicted molar refractivity (Wildman–Crippen MR) is 98.6 cm³/mol. The van der Waals surface area contributed by atoms with Gasteiger partial charge in [-0.1, -0.05) is 0 Å². The van der Waals surface area contributed by atoms with Gasteiger partial charge in [0.1, 0.15) is 5.69 Å². The Bertz CT molecular complexity index is 747. The van der Waals surface area contributed by atoms with Crippen LogP contribution in [0.2, 0.25) is 0 Å². The summed E-state index contributed by atoms with van der Waals surface area (Å²) in [7, 11) is 0. The van der Waals surface area contributed by atoms with Crippen LogP contribution in [0.5, 0.6) is 0 Å². The molecule has 132 valence electrons. The first-order valence-corrected chi connectivity index (χ1v) is 9.78. The smallest absolute Gasteiger partial charge is 0.274 e. The molecule has 0 aromatic carbocycles. The predicted octanol–water partition coefficient (Wildman–Crippen LogP) is 2.97. The fourth-order valence-electron chi connectivity index (χ4n) is 4.24. The summed E-state index contributed by atoms with van der Waals surface area (Å²) in [5.41, 5.74) is 0.714. The number of amides is 1. The largest absolute Gasteiger partial charge is 0.337 e. The lowest BCUT2D eigenvalue weighted by molar-refractivity contribution is 0.0521. The van der Waals surface area contributed by atoms with E-state index in [1.165, 1.54) is 22.6 Å². The van der Waals surface area contributed by atoms with Gasteiger partial charge in [-0.2, -0.15) is 0 Å². The maximum Gasteiger partial charge on any atom is 0.274 e. The van der Waals surface area contributed by atoms with E-state index >= 15 is 0 Å². The number of rotatable bonds is 3. The summed E-state index contributed by atoms with van der Waals surface area (Å²) in [5.74, 6) is 0.0273. The molecule has 1 spiro atoms. The SMILES string of the molecule is Cc1ccc(CN2CC[C@@]3(CCCN(C(=O)c4cnccn4)C3)C2)s1. The number of hydrogen-bond acceptors (Lipinski definition) is 5. The first kappa shape index (κ1) is 16.7. The minimum Gasteiger partial charge on any atom is -0.337 e. The summed E-state index contributed by atoms with van der Waals surface area (Å²) in [6.45, 7) is 7.11. The number of carbonyl (C=O) groups is 1. The normalized spacial score (nSPS) is 24.1. The number of carbonyl (C=O) groups excluding carboxylic acids is 1. The topological polar surface area (TPSA) is 49.3 Å². The van der Waals surface area contributed by atoms with Crippen molar-refractivity contribution in [2.24, 2.45) is 5.41 Å². The maximum absolute atomic E-state index is 12.7. The Morgan fingerprint density at radius 1 is 1.24 bits per heavy atom. The van der Waals surface area contributed by atoms with Crippen molar-refractivity contribution in [2.45, 2.75) is 32.7 Å². The van der Waals surface area contributed by atoms with E-state index in [1.54, 1.807) is 18.6 Å². The van der Waals surface area contributed by atoms with Crippen LogP contribution in [-0.4, -0.2) is 51.9 Å². The zero-order valence-electron chi connectivity index (χ0n) is 14.6. The molecule has 0 radical (unpaired) electrons. The third-order valence-electron chi connectivity index (χ3n) is 5.42. The van der Waals surface area contributed by atoms with Gasteiger partial charge in [0.2, 0.25) is 0 Å². The standard InChI is InChI=1S/C19H24N4OS/c1-15-3-4-16(25-15)12-22-10-6-19(13-22)5-2-9-23(14-19)18(24)17-11-20-7-8-21-17/h3-4,7-8,11H,2,5-6,9-10,12-14H2,1H3/t19-/m0/s1. The van der Waals surface area contributed by atoms with Gasteiger partial charge >= 0.3 is 0 Å². The van der Waals surface area contributed by atoms with Gasteiger partial charge in [0.25, 0.3) is 5.91 Å². The first-order chi connectivity index (χ1) is 12.1. The van der Waals surface area contributed by atoms with Crippen LogP contribution in [-0.2, 0) is 6.54 Å². The van der Waals surface area contributed by atoms with Gasteiger partial charge < -0.3 is 4.90 Å². The molecular weight excluding hydrogens is 332 g/mol. The Balaban J connectivity index is 1.41. The average Bonchev–Trinajstić information content (AvgIpc) is 3.21. The molecule has 25 heavy (non-hydrogen) atoms. The van der Waals surface area contributed by atoms with Crippen molar-refractivity contribution < 1.29 is 4.79 Å². The molecule has 2 aromatic heterocycles. The number of aryl methyl sites for hydroxylation is 1. The van der Waals surface area contributed by atoms with Gasteiger partial charge in [0, 0.05) is 53.7 Å². The van der Waals surface area contributed by atoms with Crippen LogP contribution in [0.25, 0.3) is 0 Å². The van der Waals surface area contributed by atoms with Crippen molar-refractivity contribution in [3.05, 3.63) is 46.2 Å². The quantitative estimate of drug-likeness (QED) is 0.848. The van der Waals surface area contributed by atoms with Crippen molar-refractivity contribution in [3.8, 4) is 0 Å². The van der Waals surface area contributed by atoms with Crippen LogP contribution in [0.15, 0.2) is 30.7 Å². The number of piperidine rings is 1. The average molecular weight is 356 g/mol. The summed E-state index contributed by atoms with van der Waals surface area (Å²) in [6.07, 6.45) is 8.25. The molecule has 2 saturated heterocycles. The van der Waals surface area contributed by atoms with E-state index in [4.69, 9.17) is 0 Å². The molecule has 2 aromatic rings. The summed E-state index contributed by atoms with van der Waals surface area (Å²) in [4.78, 5) is 28.3. The molecule has 1 atom stereocenters. The molecule has 2 fully saturated rings. The molecular formula is C19H24N4OS. The Kier molecular flexibility index (Phi) is 4.56. The second kappa shape index (κ2) is 6.84. The van der Waals surface area contributed by atoms with Gasteiger partial charge in [0.05, 0.1) is 6.20 Å². The highest BCUT2D eigenvalue weighted by Crippen LogP contribution is 2.40. The molecule has 6 heteroatoms. The Morgan fingerprint density at radius 3 is 2.92 bits per heavy atom. The van der Waals surface area contributed by atoms with E-state index in [0.717, 1.165) is 39.1 Å². The van der Waals surface area contributed by atoms with Crippen molar-refractivity contribution >= 4 is 17.2 Å². The van der Waals surface area contributed by atoms with E-state index in [2.05, 4.69) is 33.9 Å². The second-order valence-electron chi connectivity index (χ2n) is 7.39. The van der Waals surface area contributed by atoms with E-state index in [1.807, 2.05) is 16.2 Å². The fourth-order valence-corrected chi connectivity index (χ4v) is 5.17. The lowest BCUT2D eigenvalue weighted by atomic mass is 9.79. The van der Waals surface area contributed by atoms with Gasteiger partial charge in [-0.25, -0.2) is 4.98 Å². The number of likely N-dealkylation sites (tertiary alicyclic amines) is 2. The first-order valence-electron chi connectivity index (χ1n) is 8.97. The zero-order chi connectivity index (χ0) is 17.3. The molecule has 2 aliphatic heterocycles. The van der Waals surface area contributed by atoms with Crippen molar-refractivity contribution in [3.63, 3.8) is 0 Å².